The lowest BCUT2D eigenvalue weighted by molar-refractivity contribution is -0.274. The van der Waals surface area contributed by atoms with E-state index in [1.165, 1.54) is 21.7 Å². The standard InChI is InChI=1S/C32H30ClF3N6O2S/c1-18(2)25-11-5-19(3)15-27(25)38-31(45)39-37-17-21-6-8-23(9-7-21)42-29(33)28(20(4)40-42)41-14-13-22-16-24(44-32(34,35)36)10-12-26(22)30(41)43/h5-12,15-18H,13-14H2,1-4H3,(H2,38,39,45)/b37-17+. The molecular formula is C32H30ClF3N6O2S. The van der Waals surface area contributed by atoms with Gasteiger partial charge in [-0.3, -0.25) is 10.2 Å². The summed E-state index contributed by atoms with van der Waals surface area (Å²) in [5, 5.41) is 12.6. The number of carbonyl (C=O) groups excluding carboxylic acids is 1. The number of rotatable bonds is 7. The molecule has 1 aromatic heterocycles. The van der Waals surface area contributed by atoms with Crippen molar-refractivity contribution < 1.29 is 22.7 Å². The van der Waals surface area contributed by atoms with Crippen molar-refractivity contribution in [3.05, 3.63) is 99.3 Å². The van der Waals surface area contributed by atoms with Gasteiger partial charge >= 0.3 is 6.36 Å². The first-order chi connectivity index (χ1) is 21.3. The number of ether oxygens (including phenoxy) is 1. The monoisotopic (exact) mass is 654 g/mol. The van der Waals surface area contributed by atoms with Crippen LogP contribution >= 0.6 is 23.8 Å². The molecule has 3 aromatic carbocycles. The molecule has 1 aliphatic rings. The van der Waals surface area contributed by atoms with E-state index in [2.05, 4.69) is 51.7 Å². The molecule has 0 aliphatic carbocycles. The largest absolute Gasteiger partial charge is 0.573 e. The molecular weight excluding hydrogens is 625 g/mol. The second-order valence-corrected chi connectivity index (χ2v) is 11.6. The number of anilines is 2. The van der Waals surface area contributed by atoms with Crippen LogP contribution in [-0.2, 0) is 6.42 Å². The van der Waals surface area contributed by atoms with E-state index < -0.39 is 6.36 Å². The van der Waals surface area contributed by atoms with Crippen molar-refractivity contribution in [2.45, 2.75) is 46.4 Å². The Balaban J connectivity index is 1.26. The third kappa shape index (κ3) is 7.29. The first-order valence-electron chi connectivity index (χ1n) is 14.1. The van der Waals surface area contributed by atoms with Crippen LogP contribution in [-0.4, -0.2) is 39.9 Å². The average molecular weight is 655 g/mol. The maximum Gasteiger partial charge on any atom is 0.573 e. The highest BCUT2D eigenvalue weighted by atomic mass is 35.5. The summed E-state index contributed by atoms with van der Waals surface area (Å²) in [6.45, 7) is 8.23. The van der Waals surface area contributed by atoms with Gasteiger partial charge in [0.15, 0.2) is 10.3 Å². The minimum absolute atomic E-state index is 0.218. The first kappa shape index (κ1) is 32.0. The molecule has 8 nitrogen and oxygen atoms in total. The first-order valence-corrected chi connectivity index (χ1v) is 14.9. The Bertz CT molecular complexity index is 1790. The molecule has 5 rings (SSSR count). The summed E-state index contributed by atoms with van der Waals surface area (Å²) in [6.07, 6.45) is -2.86. The summed E-state index contributed by atoms with van der Waals surface area (Å²) >= 11 is 12.2. The fourth-order valence-corrected chi connectivity index (χ4v) is 5.68. The van der Waals surface area contributed by atoms with Crippen LogP contribution in [0.4, 0.5) is 24.5 Å². The maximum atomic E-state index is 13.4. The van der Waals surface area contributed by atoms with Crippen LogP contribution in [0.15, 0.2) is 65.8 Å². The number of amides is 1. The van der Waals surface area contributed by atoms with E-state index >= 15 is 0 Å². The zero-order valence-electron chi connectivity index (χ0n) is 24.9. The van der Waals surface area contributed by atoms with E-state index in [4.69, 9.17) is 23.8 Å². The Morgan fingerprint density at radius 1 is 1.11 bits per heavy atom. The fraction of sp³-hybridized carbons (Fsp3) is 0.250. The molecule has 1 aliphatic heterocycles. The third-order valence-corrected chi connectivity index (χ3v) is 7.76. The summed E-state index contributed by atoms with van der Waals surface area (Å²) in [5.74, 6) is -0.416. The van der Waals surface area contributed by atoms with E-state index in [1.54, 1.807) is 13.1 Å². The van der Waals surface area contributed by atoms with Crippen molar-refractivity contribution >= 4 is 52.4 Å². The minimum Gasteiger partial charge on any atom is -0.406 e. The highest BCUT2D eigenvalue weighted by Gasteiger charge is 2.34. The van der Waals surface area contributed by atoms with E-state index in [-0.39, 0.29) is 28.9 Å². The van der Waals surface area contributed by atoms with Gasteiger partial charge in [0, 0.05) is 17.8 Å². The van der Waals surface area contributed by atoms with Crippen LogP contribution in [0, 0.1) is 13.8 Å². The van der Waals surface area contributed by atoms with Crippen LogP contribution in [0.3, 0.4) is 0 Å². The van der Waals surface area contributed by atoms with Gasteiger partial charge in [-0.1, -0.05) is 49.7 Å². The van der Waals surface area contributed by atoms with Crippen molar-refractivity contribution in [2.75, 3.05) is 16.8 Å². The molecule has 0 fully saturated rings. The molecule has 2 heterocycles. The maximum absolute atomic E-state index is 13.4. The van der Waals surface area contributed by atoms with Crippen molar-refractivity contribution in [1.82, 2.24) is 15.2 Å². The summed E-state index contributed by atoms with van der Waals surface area (Å²) in [7, 11) is 0. The SMILES string of the molecule is Cc1ccc(C(C)C)c(NC(=S)N/N=C/c2ccc(-n3nc(C)c(N4CCc5cc(OC(F)(F)F)ccc5C4=O)c3Cl)cc2)c1. The van der Waals surface area contributed by atoms with Crippen molar-refractivity contribution in [3.63, 3.8) is 0 Å². The molecule has 0 radical (unpaired) electrons. The predicted molar refractivity (Wildman–Crippen MR) is 174 cm³/mol. The second-order valence-electron chi connectivity index (χ2n) is 10.9. The van der Waals surface area contributed by atoms with Crippen molar-refractivity contribution in [1.29, 1.82) is 0 Å². The summed E-state index contributed by atoms with van der Waals surface area (Å²) in [5.41, 5.74) is 9.24. The van der Waals surface area contributed by atoms with Gasteiger partial charge in [-0.05, 0) is 97.1 Å². The number of halogens is 4. The smallest absolute Gasteiger partial charge is 0.406 e. The molecule has 0 spiro atoms. The van der Waals surface area contributed by atoms with Gasteiger partial charge in [0.2, 0.25) is 0 Å². The lowest BCUT2D eigenvalue weighted by atomic mass is 9.98. The van der Waals surface area contributed by atoms with Crippen LogP contribution < -0.4 is 20.4 Å². The molecule has 0 saturated carbocycles. The summed E-state index contributed by atoms with van der Waals surface area (Å²) in [4.78, 5) is 14.9. The van der Waals surface area contributed by atoms with Crippen LogP contribution in [0.1, 0.15) is 58.1 Å². The van der Waals surface area contributed by atoms with Gasteiger partial charge in [0.05, 0.1) is 17.6 Å². The number of hydrazone groups is 1. The van der Waals surface area contributed by atoms with Crippen LogP contribution in [0.5, 0.6) is 5.75 Å². The lowest BCUT2D eigenvalue weighted by Gasteiger charge is -2.28. The Morgan fingerprint density at radius 2 is 1.84 bits per heavy atom. The van der Waals surface area contributed by atoms with Gasteiger partial charge in [0.1, 0.15) is 11.4 Å². The minimum atomic E-state index is -4.81. The van der Waals surface area contributed by atoms with Gasteiger partial charge < -0.3 is 15.0 Å². The Hall–Kier alpha value is -4.42. The molecule has 45 heavy (non-hydrogen) atoms. The summed E-state index contributed by atoms with van der Waals surface area (Å²) < 4.78 is 43.5. The van der Waals surface area contributed by atoms with Crippen molar-refractivity contribution in [2.24, 2.45) is 5.10 Å². The number of hydrogen-bond acceptors (Lipinski definition) is 5. The van der Waals surface area contributed by atoms with Crippen LogP contribution in [0.2, 0.25) is 5.15 Å². The molecule has 2 N–H and O–H groups in total. The van der Waals surface area contributed by atoms with Gasteiger partial charge in [-0.25, -0.2) is 4.68 Å². The number of alkyl halides is 3. The van der Waals surface area contributed by atoms with Gasteiger partial charge in [-0.15, -0.1) is 13.2 Å². The molecule has 234 valence electrons. The Kier molecular flexibility index (Phi) is 9.17. The molecule has 0 atom stereocenters. The van der Waals surface area contributed by atoms with Gasteiger partial charge in [0.25, 0.3) is 5.91 Å². The van der Waals surface area contributed by atoms with E-state index in [0.717, 1.165) is 28.4 Å². The average Bonchev–Trinajstić information content (AvgIpc) is 3.26. The number of nitrogens with zero attached hydrogens (tertiary/aromatic N) is 4. The topological polar surface area (TPSA) is 83.8 Å². The molecule has 0 unspecified atom stereocenters. The van der Waals surface area contributed by atoms with Crippen LogP contribution in [0.25, 0.3) is 5.69 Å². The zero-order chi connectivity index (χ0) is 32.5. The zero-order valence-corrected chi connectivity index (χ0v) is 26.4. The number of benzene rings is 3. The normalized spacial score (nSPS) is 13.4. The van der Waals surface area contributed by atoms with E-state index in [1.807, 2.05) is 37.3 Å². The number of hydrogen-bond donors (Lipinski definition) is 2. The summed E-state index contributed by atoms with van der Waals surface area (Å²) in [6, 6.07) is 17.2. The predicted octanol–water partition coefficient (Wildman–Crippen LogP) is 7.69. The number of carbonyl (C=O) groups is 1. The quantitative estimate of drug-likeness (QED) is 0.121. The lowest BCUT2D eigenvalue weighted by Crippen LogP contribution is -2.38. The van der Waals surface area contributed by atoms with E-state index in [0.29, 0.717) is 40.1 Å². The third-order valence-electron chi connectivity index (χ3n) is 7.23. The van der Waals surface area contributed by atoms with E-state index in [9.17, 15) is 18.0 Å². The second kappa shape index (κ2) is 12.9. The molecule has 0 saturated heterocycles. The molecule has 13 heteroatoms. The number of nitrogens with one attached hydrogen (secondary N) is 2. The fourth-order valence-electron chi connectivity index (χ4n) is 5.14. The Labute approximate surface area is 268 Å². The highest BCUT2D eigenvalue weighted by Crippen LogP contribution is 2.36. The Morgan fingerprint density at radius 3 is 2.53 bits per heavy atom. The number of aromatic nitrogens is 2. The molecule has 0 bridgehead atoms. The molecule has 4 aromatic rings. The molecule has 1 amide bonds. The highest BCUT2D eigenvalue weighted by molar-refractivity contribution is 7.80. The van der Waals surface area contributed by atoms with Gasteiger partial charge in [-0.2, -0.15) is 10.2 Å². The number of aryl methyl sites for hydroxylation is 2. The van der Waals surface area contributed by atoms with Crippen molar-refractivity contribution in [3.8, 4) is 11.4 Å². The number of fused-ring (bicyclic) bond motifs is 1. The number of thiocarbonyl (C=S) groups is 1.